The van der Waals surface area contributed by atoms with E-state index in [0.717, 1.165) is 22.6 Å². The Morgan fingerprint density at radius 2 is 1.77 bits per heavy atom. The summed E-state index contributed by atoms with van der Waals surface area (Å²) < 4.78 is 16.0. The number of ether oxygens (including phenoxy) is 3. The topological polar surface area (TPSA) is 95.7 Å². The molecule has 0 bridgehead atoms. The van der Waals surface area contributed by atoms with Crippen molar-refractivity contribution < 1.29 is 19.0 Å². The number of benzene rings is 2. The second-order valence-corrected chi connectivity index (χ2v) is 6.64. The van der Waals surface area contributed by atoms with E-state index in [1.807, 2.05) is 48.5 Å². The van der Waals surface area contributed by atoms with Crippen molar-refractivity contribution in [2.45, 2.75) is 19.8 Å². The third-order valence-electron chi connectivity index (χ3n) is 4.44. The van der Waals surface area contributed by atoms with Crippen LogP contribution in [0, 0.1) is 0 Å². The summed E-state index contributed by atoms with van der Waals surface area (Å²) in [6.45, 7) is 1.16. The molecule has 0 unspecified atom stereocenters. The Morgan fingerprint density at radius 3 is 2.47 bits per heavy atom. The summed E-state index contributed by atoms with van der Waals surface area (Å²) in [6.07, 6.45) is 0. The standard InChI is InChI=1S/C23H25N3O4/c1-28-15-18-8-11-21(22(24)26-18)23(27)25-13-16-6-9-19(10-7-16)30-14-17-4-3-5-20(12-17)29-2/h3-12H,13-15H2,1-2H3,(H2,24,26)(H,25,27). The zero-order valence-electron chi connectivity index (χ0n) is 17.1. The van der Waals surface area contributed by atoms with E-state index in [-0.39, 0.29) is 11.7 Å². The number of methoxy groups -OCH3 is 2. The predicted octanol–water partition coefficient (Wildman–Crippen LogP) is 3.33. The van der Waals surface area contributed by atoms with Gasteiger partial charge >= 0.3 is 0 Å². The third-order valence-corrected chi connectivity index (χ3v) is 4.44. The van der Waals surface area contributed by atoms with Gasteiger partial charge in [-0.05, 0) is 47.5 Å². The lowest BCUT2D eigenvalue weighted by Crippen LogP contribution is -2.24. The van der Waals surface area contributed by atoms with Crippen molar-refractivity contribution in [2.24, 2.45) is 0 Å². The number of carbonyl (C=O) groups is 1. The molecule has 0 fully saturated rings. The van der Waals surface area contributed by atoms with Gasteiger partial charge in [-0.1, -0.05) is 24.3 Å². The minimum atomic E-state index is -0.276. The fourth-order valence-corrected chi connectivity index (χ4v) is 2.85. The van der Waals surface area contributed by atoms with Crippen LogP contribution < -0.4 is 20.5 Å². The number of anilines is 1. The molecular formula is C23H25N3O4. The van der Waals surface area contributed by atoms with E-state index in [0.29, 0.717) is 31.0 Å². The SMILES string of the molecule is COCc1ccc(C(=O)NCc2ccc(OCc3cccc(OC)c3)cc2)c(N)n1. The molecular weight excluding hydrogens is 382 g/mol. The number of hydrogen-bond acceptors (Lipinski definition) is 6. The van der Waals surface area contributed by atoms with Crippen LogP contribution >= 0.6 is 0 Å². The number of hydrogen-bond donors (Lipinski definition) is 2. The van der Waals surface area contributed by atoms with Gasteiger partial charge in [0.2, 0.25) is 0 Å². The summed E-state index contributed by atoms with van der Waals surface area (Å²) in [7, 11) is 3.21. The molecule has 7 heteroatoms. The second kappa shape index (κ2) is 10.3. The first kappa shape index (κ1) is 21.1. The largest absolute Gasteiger partial charge is 0.497 e. The maximum atomic E-state index is 12.4. The minimum Gasteiger partial charge on any atom is -0.497 e. The molecule has 1 heterocycles. The van der Waals surface area contributed by atoms with Crippen LogP contribution in [0.25, 0.3) is 0 Å². The van der Waals surface area contributed by atoms with Crippen molar-refractivity contribution in [1.82, 2.24) is 10.3 Å². The molecule has 3 N–H and O–H groups in total. The normalized spacial score (nSPS) is 10.5. The van der Waals surface area contributed by atoms with E-state index >= 15 is 0 Å². The fourth-order valence-electron chi connectivity index (χ4n) is 2.85. The Hall–Kier alpha value is -3.58. The van der Waals surface area contributed by atoms with Gasteiger partial charge in [-0.2, -0.15) is 0 Å². The monoisotopic (exact) mass is 407 g/mol. The van der Waals surface area contributed by atoms with Gasteiger partial charge in [0.15, 0.2) is 0 Å². The molecule has 2 aromatic carbocycles. The van der Waals surface area contributed by atoms with Crippen LogP contribution in [0.3, 0.4) is 0 Å². The van der Waals surface area contributed by atoms with Gasteiger partial charge in [0.05, 0.1) is 25.0 Å². The van der Waals surface area contributed by atoms with Crippen LogP contribution in [0.2, 0.25) is 0 Å². The Bertz CT molecular complexity index is 990. The first-order chi connectivity index (χ1) is 14.6. The predicted molar refractivity (Wildman–Crippen MR) is 114 cm³/mol. The van der Waals surface area contributed by atoms with E-state index in [1.54, 1.807) is 26.4 Å². The smallest absolute Gasteiger partial charge is 0.255 e. The van der Waals surface area contributed by atoms with Crippen molar-refractivity contribution >= 4 is 11.7 Å². The maximum Gasteiger partial charge on any atom is 0.255 e. The molecule has 0 atom stereocenters. The van der Waals surface area contributed by atoms with Crippen molar-refractivity contribution in [1.29, 1.82) is 0 Å². The zero-order valence-corrected chi connectivity index (χ0v) is 17.1. The number of nitrogens with zero attached hydrogens (tertiary/aromatic N) is 1. The van der Waals surface area contributed by atoms with Crippen molar-refractivity contribution in [3.05, 3.63) is 83.0 Å². The molecule has 3 aromatic rings. The van der Waals surface area contributed by atoms with Crippen LogP contribution in [0.15, 0.2) is 60.7 Å². The van der Waals surface area contributed by atoms with Crippen LogP contribution in [-0.4, -0.2) is 25.1 Å². The molecule has 1 amide bonds. The first-order valence-corrected chi connectivity index (χ1v) is 9.46. The molecule has 3 rings (SSSR count). The average molecular weight is 407 g/mol. The van der Waals surface area contributed by atoms with Crippen LogP contribution in [0.4, 0.5) is 5.82 Å². The van der Waals surface area contributed by atoms with Gasteiger partial charge in [0, 0.05) is 13.7 Å². The van der Waals surface area contributed by atoms with Gasteiger partial charge in [-0.25, -0.2) is 4.98 Å². The number of nitrogens with one attached hydrogen (secondary N) is 1. The number of carbonyl (C=O) groups excluding carboxylic acids is 1. The van der Waals surface area contributed by atoms with E-state index in [1.165, 1.54) is 0 Å². The lowest BCUT2D eigenvalue weighted by Gasteiger charge is -2.10. The Balaban J connectivity index is 1.52. The molecule has 0 spiro atoms. The molecule has 1 aromatic heterocycles. The lowest BCUT2D eigenvalue weighted by molar-refractivity contribution is 0.0951. The van der Waals surface area contributed by atoms with E-state index < -0.39 is 0 Å². The number of nitrogens with two attached hydrogens (primary N) is 1. The second-order valence-electron chi connectivity index (χ2n) is 6.64. The average Bonchev–Trinajstić information content (AvgIpc) is 2.77. The molecule has 0 aliphatic rings. The zero-order chi connectivity index (χ0) is 21.3. The minimum absolute atomic E-state index is 0.184. The molecule has 30 heavy (non-hydrogen) atoms. The van der Waals surface area contributed by atoms with E-state index in [4.69, 9.17) is 19.9 Å². The maximum absolute atomic E-state index is 12.4. The van der Waals surface area contributed by atoms with Crippen molar-refractivity contribution in [3.8, 4) is 11.5 Å². The van der Waals surface area contributed by atoms with Crippen LogP contribution in [0.1, 0.15) is 27.2 Å². The fraction of sp³-hybridized carbons (Fsp3) is 0.217. The van der Waals surface area contributed by atoms with Gasteiger partial charge in [-0.3, -0.25) is 4.79 Å². The van der Waals surface area contributed by atoms with E-state index in [9.17, 15) is 4.79 Å². The molecule has 0 radical (unpaired) electrons. The summed E-state index contributed by atoms with van der Waals surface area (Å²) in [6, 6.07) is 18.7. The van der Waals surface area contributed by atoms with Crippen molar-refractivity contribution in [2.75, 3.05) is 20.0 Å². The highest BCUT2D eigenvalue weighted by Gasteiger charge is 2.11. The summed E-state index contributed by atoms with van der Waals surface area (Å²) in [4.78, 5) is 16.6. The summed E-state index contributed by atoms with van der Waals surface area (Å²) in [5.41, 5.74) is 8.87. The number of pyridine rings is 1. The molecule has 156 valence electrons. The third kappa shape index (κ3) is 5.71. The molecule has 0 saturated carbocycles. The summed E-state index contributed by atoms with van der Waals surface area (Å²) in [5, 5.41) is 2.85. The number of aromatic nitrogens is 1. The van der Waals surface area contributed by atoms with Gasteiger partial charge in [0.1, 0.15) is 23.9 Å². The highest BCUT2D eigenvalue weighted by molar-refractivity contribution is 5.98. The van der Waals surface area contributed by atoms with E-state index in [2.05, 4.69) is 10.3 Å². The summed E-state index contributed by atoms with van der Waals surface area (Å²) >= 11 is 0. The summed E-state index contributed by atoms with van der Waals surface area (Å²) in [5.74, 6) is 1.45. The van der Waals surface area contributed by atoms with Gasteiger partial charge < -0.3 is 25.3 Å². The Kier molecular flexibility index (Phi) is 7.24. The lowest BCUT2D eigenvalue weighted by atomic mass is 10.2. The van der Waals surface area contributed by atoms with Gasteiger partial charge in [0.25, 0.3) is 5.91 Å². The van der Waals surface area contributed by atoms with Crippen LogP contribution in [0.5, 0.6) is 11.5 Å². The number of rotatable bonds is 9. The molecule has 0 aliphatic heterocycles. The first-order valence-electron chi connectivity index (χ1n) is 9.46. The Morgan fingerprint density at radius 1 is 0.967 bits per heavy atom. The van der Waals surface area contributed by atoms with Crippen molar-refractivity contribution in [3.63, 3.8) is 0 Å². The molecule has 7 nitrogen and oxygen atoms in total. The highest BCUT2D eigenvalue weighted by Crippen LogP contribution is 2.17. The molecule has 0 saturated heterocycles. The Labute approximate surface area is 175 Å². The quantitative estimate of drug-likeness (QED) is 0.565. The number of amides is 1. The number of nitrogen functional groups attached to an aromatic ring is 1. The highest BCUT2D eigenvalue weighted by atomic mass is 16.5. The van der Waals surface area contributed by atoms with Crippen LogP contribution in [-0.2, 0) is 24.5 Å². The van der Waals surface area contributed by atoms with Gasteiger partial charge in [-0.15, -0.1) is 0 Å². The molecule has 0 aliphatic carbocycles.